The average Bonchev–Trinajstić information content (AvgIpc) is 2.00. The second kappa shape index (κ2) is 5.30. The van der Waals surface area contributed by atoms with Crippen molar-refractivity contribution in [2.45, 2.75) is 18.5 Å². The fourth-order valence-electron chi connectivity index (χ4n) is 0.827. The van der Waals surface area contributed by atoms with Crippen molar-refractivity contribution >= 4 is 11.6 Å². The summed E-state index contributed by atoms with van der Waals surface area (Å²) >= 11 is 5.40. The number of rotatable bonds is 4. The topological polar surface area (TPSA) is 27.0 Å². The van der Waals surface area contributed by atoms with Gasteiger partial charge in [-0.15, -0.1) is 11.6 Å². The third kappa shape index (κ3) is 6.67. The largest absolute Gasteiger partial charge is 0.401 e. The molecule has 0 saturated heterocycles. The Bertz CT molecular complexity index is 187. The predicted octanol–water partition coefficient (Wildman–Crippen LogP) is 2.00. The maximum Gasteiger partial charge on any atom is 0.401 e. The molecule has 1 atom stereocenters. The lowest BCUT2D eigenvalue weighted by molar-refractivity contribution is -0.145. The Kier molecular flexibility index (Phi) is 5.11. The van der Waals surface area contributed by atoms with Crippen LogP contribution in [0.5, 0.6) is 0 Å². The maximum absolute atomic E-state index is 11.9. The van der Waals surface area contributed by atoms with Gasteiger partial charge in [-0.05, 0) is 6.54 Å². The summed E-state index contributed by atoms with van der Waals surface area (Å²) < 4.78 is 35.6. The summed E-state index contributed by atoms with van der Waals surface area (Å²) in [5.74, 6) is 0. The van der Waals surface area contributed by atoms with E-state index in [9.17, 15) is 13.2 Å². The number of halogens is 4. The van der Waals surface area contributed by atoms with Gasteiger partial charge in [0.2, 0.25) is 0 Å². The fourth-order valence-corrected chi connectivity index (χ4v) is 1.02. The van der Waals surface area contributed by atoms with Gasteiger partial charge in [0.1, 0.15) is 5.38 Å². The summed E-state index contributed by atoms with van der Waals surface area (Å²) in [4.78, 5) is 1.08. The van der Waals surface area contributed by atoms with E-state index in [-0.39, 0.29) is 13.1 Å². The van der Waals surface area contributed by atoms with Gasteiger partial charge >= 0.3 is 6.18 Å². The van der Waals surface area contributed by atoms with Crippen molar-refractivity contribution < 1.29 is 13.2 Å². The molecule has 0 N–H and O–H groups in total. The van der Waals surface area contributed by atoms with Crippen molar-refractivity contribution in [2.75, 3.05) is 19.6 Å². The predicted molar refractivity (Wildman–Crippen MR) is 43.4 cm³/mol. The molecule has 0 aromatic carbocycles. The van der Waals surface area contributed by atoms with Gasteiger partial charge in [0.05, 0.1) is 12.6 Å². The van der Waals surface area contributed by atoms with Gasteiger partial charge in [-0.1, -0.05) is 6.92 Å². The molecule has 0 saturated carbocycles. The quantitative estimate of drug-likeness (QED) is 0.670. The van der Waals surface area contributed by atoms with Gasteiger partial charge in [0.25, 0.3) is 0 Å². The highest BCUT2D eigenvalue weighted by Gasteiger charge is 2.30. The van der Waals surface area contributed by atoms with Crippen molar-refractivity contribution in [3.8, 4) is 6.07 Å². The van der Waals surface area contributed by atoms with E-state index >= 15 is 0 Å². The normalized spacial score (nSPS) is 14.2. The zero-order valence-corrected chi connectivity index (χ0v) is 7.86. The Balaban J connectivity index is 3.99. The van der Waals surface area contributed by atoms with Crippen LogP contribution in [-0.4, -0.2) is 36.1 Å². The zero-order valence-electron chi connectivity index (χ0n) is 7.10. The van der Waals surface area contributed by atoms with Crippen LogP contribution in [0.3, 0.4) is 0 Å². The van der Waals surface area contributed by atoms with Gasteiger partial charge in [-0.2, -0.15) is 18.4 Å². The lowest BCUT2D eigenvalue weighted by Gasteiger charge is -2.21. The highest BCUT2D eigenvalue weighted by Crippen LogP contribution is 2.16. The van der Waals surface area contributed by atoms with Gasteiger partial charge < -0.3 is 0 Å². The van der Waals surface area contributed by atoms with E-state index in [0.717, 1.165) is 4.90 Å². The standard InChI is InChI=1S/C7H10ClF3N2/c1-2-13(4-6(8)3-12)5-7(9,10)11/h6H,2,4-5H2,1H3. The third-order valence-corrected chi connectivity index (χ3v) is 1.64. The molecule has 0 spiro atoms. The molecule has 0 aromatic rings. The number of alkyl halides is 4. The molecule has 2 nitrogen and oxygen atoms in total. The maximum atomic E-state index is 11.9. The smallest absolute Gasteiger partial charge is 0.293 e. The number of nitrogens with zero attached hydrogens (tertiary/aromatic N) is 2. The molecule has 0 radical (unpaired) electrons. The van der Waals surface area contributed by atoms with E-state index in [0.29, 0.717) is 0 Å². The molecule has 1 unspecified atom stereocenters. The first-order chi connectivity index (χ1) is 5.89. The van der Waals surface area contributed by atoms with Crippen LogP contribution in [0.15, 0.2) is 0 Å². The van der Waals surface area contributed by atoms with E-state index in [2.05, 4.69) is 0 Å². The van der Waals surface area contributed by atoms with Crippen LogP contribution in [0.2, 0.25) is 0 Å². The fraction of sp³-hybridized carbons (Fsp3) is 0.857. The van der Waals surface area contributed by atoms with Crippen LogP contribution < -0.4 is 0 Å². The Morgan fingerprint density at radius 1 is 1.54 bits per heavy atom. The highest BCUT2D eigenvalue weighted by molar-refractivity contribution is 6.22. The summed E-state index contributed by atoms with van der Waals surface area (Å²) in [7, 11) is 0. The van der Waals surface area contributed by atoms with Crippen molar-refractivity contribution in [1.82, 2.24) is 4.90 Å². The average molecular weight is 215 g/mol. The third-order valence-electron chi connectivity index (χ3n) is 1.41. The molecule has 0 amide bonds. The lowest BCUT2D eigenvalue weighted by atomic mass is 10.4. The zero-order chi connectivity index (χ0) is 10.5. The Hall–Kier alpha value is -0.470. The SMILES string of the molecule is CCN(CC(Cl)C#N)CC(F)(F)F. The van der Waals surface area contributed by atoms with Crippen LogP contribution in [0.25, 0.3) is 0 Å². The van der Waals surface area contributed by atoms with Gasteiger partial charge in [-0.25, -0.2) is 0 Å². The number of hydrogen-bond acceptors (Lipinski definition) is 2. The van der Waals surface area contributed by atoms with Crippen LogP contribution >= 0.6 is 11.6 Å². The molecular weight excluding hydrogens is 205 g/mol. The summed E-state index contributed by atoms with van der Waals surface area (Å²) in [6.45, 7) is 0.736. The Labute approximate surface area is 79.9 Å². The first-order valence-electron chi connectivity index (χ1n) is 3.72. The Morgan fingerprint density at radius 3 is 2.38 bits per heavy atom. The minimum Gasteiger partial charge on any atom is -0.293 e. The second-order valence-corrected chi connectivity index (χ2v) is 3.07. The molecule has 0 fully saturated rings. The van der Waals surface area contributed by atoms with E-state index < -0.39 is 18.1 Å². The molecule has 13 heavy (non-hydrogen) atoms. The molecule has 0 rings (SSSR count). The van der Waals surface area contributed by atoms with Crippen molar-refractivity contribution in [3.05, 3.63) is 0 Å². The van der Waals surface area contributed by atoms with Crippen LogP contribution in [0.4, 0.5) is 13.2 Å². The first-order valence-corrected chi connectivity index (χ1v) is 4.15. The molecule has 0 aliphatic heterocycles. The van der Waals surface area contributed by atoms with E-state index in [1.54, 1.807) is 13.0 Å². The van der Waals surface area contributed by atoms with Crippen molar-refractivity contribution in [2.24, 2.45) is 0 Å². The highest BCUT2D eigenvalue weighted by atomic mass is 35.5. The summed E-state index contributed by atoms with van der Waals surface area (Å²) in [6.07, 6.45) is -4.23. The van der Waals surface area contributed by atoms with Gasteiger partial charge in [-0.3, -0.25) is 4.90 Å². The van der Waals surface area contributed by atoms with Crippen LogP contribution in [-0.2, 0) is 0 Å². The monoisotopic (exact) mass is 214 g/mol. The molecular formula is C7H10ClF3N2. The summed E-state index contributed by atoms with van der Waals surface area (Å²) in [6, 6.07) is 1.67. The molecule has 0 bridgehead atoms. The lowest BCUT2D eigenvalue weighted by Crippen LogP contribution is -2.37. The van der Waals surface area contributed by atoms with Crippen molar-refractivity contribution in [1.29, 1.82) is 5.26 Å². The number of hydrogen-bond donors (Lipinski definition) is 0. The minimum atomic E-state index is -4.23. The van der Waals surface area contributed by atoms with Crippen LogP contribution in [0, 0.1) is 11.3 Å². The van der Waals surface area contributed by atoms with E-state index in [4.69, 9.17) is 16.9 Å². The molecule has 6 heteroatoms. The Morgan fingerprint density at radius 2 is 2.08 bits per heavy atom. The van der Waals surface area contributed by atoms with E-state index in [1.165, 1.54) is 0 Å². The summed E-state index contributed by atoms with van der Waals surface area (Å²) in [5, 5.41) is 7.40. The second-order valence-electron chi connectivity index (χ2n) is 2.54. The number of nitriles is 1. The molecule has 0 aliphatic rings. The van der Waals surface area contributed by atoms with Gasteiger partial charge in [0, 0.05) is 6.54 Å². The summed E-state index contributed by atoms with van der Waals surface area (Å²) in [5.41, 5.74) is 0. The molecule has 0 aliphatic carbocycles. The minimum absolute atomic E-state index is 0.0614. The van der Waals surface area contributed by atoms with Crippen molar-refractivity contribution in [3.63, 3.8) is 0 Å². The molecule has 0 aromatic heterocycles. The van der Waals surface area contributed by atoms with Crippen LogP contribution in [0.1, 0.15) is 6.92 Å². The first kappa shape index (κ1) is 12.5. The molecule has 0 heterocycles. The van der Waals surface area contributed by atoms with Gasteiger partial charge in [0.15, 0.2) is 0 Å². The van der Waals surface area contributed by atoms with E-state index in [1.807, 2.05) is 0 Å². The molecule has 76 valence electrons.